The average molecular weight is 209 g/mol. The molecule has 74 valence electrons. The molecule has 0 amide bonds. The first kappa shape index (κ1) is 10.3. The van der Waals surface area contributed by atoms with Crippen LogP contribution < -0.4 is 5.73 Å². The minimum Gasteiger partial charge on any atom is -0.329 e. The molecule has 5 nitrogen and oxygen atoms in total. The number of alkyl halides is 2. The van der Waals surface area contributed by atoms with Crippen molar-refractivity contribution in [3.8, 4) is 0 Å². The maximum absolute atomic E-state index is 11.8. The van der Waals surface area contributed by atoms with Crippen LogP contribution in [0.2, 0.25) is 0 Å². The van der Waals surface area contributed by atoms with Crippen molar-refractivity contribution in [2.24, 2.45) is 5.73 Å². The van der Waals surface area contributed by atoms with Crippen molar-refractivity contribution in [3.63, 3.8) is 0 Å². The van der Waals surface area contributed by atoms with Crippen LogP contribution in [0.5, 0.6) is 0 Å². The van der Waals surface area contributed by atoms with Gasteiger partial charge in [0.2, 0.25) is 11.6 Å². The van der Waals surface area contributed by atoms with E-state index in [-0.39, 0.29) is 5.75 Å². The Morgan fingerprint density at radius 2 is 2.31 bits per heavy atom. The molecular weight excluding hydrogens is 200 g/mol. The number of aromatic nitrogens is 4. The summed E-state index contributed by atoms with van der Waals surface area (Å²) < 4.78 is 25.1. The number of nitrogens with two attached hydrogens (primary N) is 1. The minimum atomic E-state index is -2.35. The van der Waals surface area contributed by atoms with Crippen LogP contribution in [-0.2, 0) is 6.54 Å². The van der Waals surface area contributed by atoms with Gasteiger partial charge in [0, 0.05) is 6.54 Å². The van der Waals surface area contributed by atoms with Crippen molar-refractivity contribution in [2.45, 2.75) is 18.1 Å². The molecular formula is C5H9F2N5S. The van der Waals surface area contributed by atoms with E-state index in [4.69, 9.17) is 5.73 Å². The first-order valence-corrected chi connectivity index (χ1v) is 4.59. The van der Waals surface area contributed by atoms with E-state index in [0.717, 1.165) is 11.8 Å². The highest BCUT2D eigenvalue weighted by atomic mass is 32.2. The van der Waals surface area contributed by atoms with Gasteiger partial charge in [-0.05, 0) is 10.4 Å². The molecule has 1 aromatic rings. The zero-order chi connectivity index (χ0) is 9.68. The summed E-state index contributed by atoms with van der Waals surface area (Å²) in [6, 6.07) is 0. The van der Waals surface area contributed by atoms with Crippen LogP contribution in [0, 0.1) is 0 Å². The van der Waals surface area contributed by atoms with Crippen molar-refractivity contribution < 1.29 is 8.78 Å². The van der Waals surface area contributed by atoms with Crippen molar-refractivity contribution >= 4 is 11.8 Å². The Morgan fingerprint density at radius 1 is 1.54 bits per heavy atom. The number of halogens is 2. The predicted molar refractivity (Wildman–Crippen MR) is 43.6 cm³/mol. The second-order valence-electron chi connectivity index (χ2n) is 2.18. The van der Waals surface area contributed by atoms with Crippen molar-refractivity contribution in [1.82, 2.24) is 20.2 Å². The molecule has 8 heteroatoms. The lowest BCUT2D eigenvalue weighted by Crippen LogP contribution is -2.12. The lowest BCUT2D eigenvalue weighted by atomic mass is 10.7. The molecule has 0 aliphatic heterocycles. The standard InChI is InChI=1S/C5H9F2N5S/c6-4(7)3-13-5-9-10-11-12(5)2-1-8/h4H,1-3,8H2. The molecule has 1 rings (SSSR count). The van der Waals surface area contributed by atoms with Crippen molar-refractivity contribution in [3.05, 3.63) is 0 Å². The fourth-order valence-corrected chi connectivity index (χ4v) is 1.35. The molecule has 0 aromatic carbocycles. The Balaban J connectivity index is 2.49. The van der Waals surface area contributed by atoms with Crippen LogP contribution in [0.3, 0.4) is 0 Å². The van der Waals surface area contributed by atoms with E-state index < -0.39 is 6.43 Å². The lowest BCUT2D eigenvalue weighted by molar-refractivity contribution is 0.176. The average Bonchev–Trinajstić information content (AvgIpc) is 2.49. The Kier molecular flexibility index (Phi) is 4.03. The monoisotopic (exact) mass is 209 g/mol. The van der Waals surface area contributed by atoms with E-state index in [0.29, 0.717) is 18.2 Å². The molecule has 0 spiro atoms. The Hall–Kier alpha value is -0.760. The minimum absolute atomic E-state index is 0.301. The van der Waals surface area contributed by atoms with Crippen LogP contribution in [0.25, 0.3) is 0 Å². The second kappa shape index (κ2) is 5.07. The summed E-state index contributed by atoms with van der Waals surface area (Å²) in [5.74, 6) is -0.301. The first-order valence-electron chi connectivity index (χ1n) is 3.61. The van der Waals surface area contributed by atoms with Gasteiger partial charge in [-0.2, -0.15) is 0 Å². The first-order chi connectivity index (χ1) is 6.24. The van der Waals surface area contributed by atoms with Gasteiger partial charge in [-0.15, -0.1) is 5.10 Å². The molecule has 0 unspecified atom stereocenters. The summed E-state index contributed by atoms with van der Waals surface area (Å²) in [5, 5.41) is 10.9. The molecule has 0 aliphatic rings. The third kappa shape index (κ3) is 3.23. The van der Waals surface area contributed by atoms with Crippen molar-refractivity contribution in [1.29, 1.82) is 0 Å². The Labute approximate surface area is 77.7 Å². The second-order valence-corrected chi connectivity index (χ2v) is 3.16. The van der Waals surface area contributed by atoms with E-state index >= 15 is 0 Å². The van der Waals surface area contributed by atoms with Crippen LogP contribution in [0.1, 0.15) is 0 Å². The van der Waals surface area contributed by atoms with Gasteiger partial charge in [-0.25, -0.2) is 13.5 Å². The van der Waals surface area contributed by atoms with E-state index in [1.54, 1.807) is 0 Å². The number of tetrazole rings is 1. The van der Waals surface area contributed by atoms with E-state index in [9.17, 15) is 8.78 Å². The largest absolute Gasteiger partial charge is 0.329 e. The summed E-state index contributed by atoms with van der Waals surface area (Å²) in [6.45, 7) is 0.825. The summed E-state index contributed by atoms with van der Waals surface area (Å²) >= 11 is 0.923. The molecule has 2 N–H and O–H groups in total. The van der Waals surface area contributed by atoms with Crippen LogP contribution in [0.15, 0.2) is 5.16 Å². The zero-order valence-electron chi connectivity index (χ0n) is 6.73. The number of thioether (sulfide) groups is 1. The molecule has 0 fully saturated rings. The number of hydrogen-bond acceptors (Lipinski definition) is 5. The SMILES string of the molecule is NCCn1nnnc1SCC(F)F. The van der Waals surface area contributed by atoms with Crippen LogP contribution in [-0.4, -0.2) is 38.9 Å². The molecule has 0 saturated heterocycles. The van der Waals surface area contributed by atoms with Gasteiger partial charge < -0.3 is 5.73 Å². The Bertz CT molecular complexity index is 253. The number of rotatable bonds is 5. The highest BCUT2D eigenvalue weighted by Gasteiger charge is 2.09. The zero-order valence-corrected chi connectivity index (χ0v) is 7.55. The maximum Gasteiger partial charge on any atom is 0.248 e. The third-order valence-electron chi connectivity index (χ3n) is 1.18. The number of nitrogens with zero attached hydrogens (tertiary/aromatic N) is 4. The molecule has 13 heavy (non-hydrogen) atoms. The molecule has 0 radical (unpaired) electrons. The molecule has 0 bridgehead atoms. The quantitative estimate of drug-likeness (QED) is 0.691. The number of hydrogen-bond donors (Lipinski definition) is 1. The van der Waals surface area contributed by atoms with Gasteiger partial charge in [0.1, 0.15) is 0 Å². The molecule has 0 aliphatic carbocycles. The molecule has 0 saturated carbocycles. The molecule has 1 aromatic heterocycles. The van der Waals surface area contributed by atoms with Gasteiger partial charge in [0.05, 0.1) is 12.3 Å². The highest BCUT2D eigenvalue weighted by Crippen LogP contribution is 2.15. The fraction of sp³-hybridized carbons (Fsp3) is 0.800. The van der Waals surface area contributed by atoms with Crippen LogP contribution >= 0.6 is 11.8 Å². The predicted octanol–water partition coefficient (Wildman–Crippen LogP) is -0.0110. The maximum atomic E-state index is 11.8. The van der Waals surface area contributed by atoms with Gasteiger partial charge >= 0.3 is 0 Å². The molecule has 0 atom stereocenters. The van der Waals surface area contributed by atoms with Gasteiger partial charge in [-0.1, -0.05) is 11.8 Å². The van der Waals surface area contributed by atoms with Gasteiger partial charge in [-0.3, -0.25) is 0 Å². The van der Waals surface area contributed by atoms with E-state index in [1.165, 1.54) is 4.68 Å². The lowest BCUT2D eigenvalue weighted by Gasteiger charge is -2.00. The van der Waals surface area contributed by atoms with Gasteiger partial charge in [0.25, 0.3) is 0 Å². The summed E-state index contributed by atoms with van der Waals surface area (Å²) in [6.07, 6.45) is -2.35. The van der Waals surface area contributed by atoms with Crippen molar-refractivity contribution in [2.75, 3.05) is 12.3 Å². The normalized spacial score (nSPS) is 11.1. The summed E-state index contributed by atoms with van der Waals surface area (Å²) in [7, 11) is 0. The third-order valence-corrected chi connectivity index (χ3v) is 2.15. The van der Waals surface area contributed by atoms with Gasteiger partial charge in [0.15, 0.2) is 0 Å². The Morgan fingerprint density at radius 3 is 2.92 bits per heavy atom. The van der Waals surface area contributed by atoms with Crippen LogP contribution in [0.4, 0.5) is 8.78 Å². The van der Waals surface area contributed by atoms with E-state index in [2.05, 4.69) is 15.5 Å². The fourth-order valence-electron chi connectivity index (χ4n) is 0.700. The molecule has 1 heterocycles. The van der Waals surface area contributed by atoms with E-state index in [1.807, 2.05) is 0 Å². The smallest absolute Gasteiger partial charge is 0.248 e. The summed E-state index contributed by atoms with van der Waals surface area (Å²) in [4.78, 5) is 0. The summed E-state index contributed by atoms with van der Waals surface area (Å²) in [5.41, 5.74) is 5.27. The topological polar surface area (TPSA) is 69.6 Å². The highest BCUT2D eigenvalue weighted by molar-refractivity contribution is 7.99.